The largest absolute Gasteiger partial charge is 0.443 e. The van der Waals surface area contributed by atoms with Crippen molar-refractivity contribution < 1.29 is 24.0 Å². The third kappa shape index (κ3) is 5.02. The quantitative estimate of drug-likeness (QED) is 0.423. The predicted octanol–water partition coefficient (Wildman–Crippen LogP) is 2.81. The van der Waals surface area contributed by atoms with Crippen molar-refractivity contribution in [3.63, 3.8) is 0 Å². The number of nitrogens with zero attached hydrogens (tertiary/aromatic N) is 2. The lowest BCUT2D eigenvalue weighted by Gasteiger charge is -2.17. The minimum atomic E-state index is -0.569. The highest BCUT2D eigenvalue weighted by Crippen LogP contribution is 2.26. The van der Waals surface area contributed by atoms with E-state index in [0.717, 1.165) is 5.56 Å². The van der Waals surface area contributed by atoms with E-state index in [1.165, 1.54) is 29.2 Å². The summed E-state index contributed by atoms with van der Waals surface area (Å²) < 4.78 is 19.6. The Morgan fingerprint density at radius 3 is 2.87 bits per heavy atom. The number of aliphatic hydroxyl groups is 1. The number of nitrogens with one attached hydrogen (secondary N) is 2. The number of hydrogen-bond acceptors (Lipinski definition) is 7. The molecule has 0 bridgehead atoms. The summed E-state index contributed by atoms with van der Waals surface area (Å²) in [5, 5.41) is 25.7. The Labute approximate surface area is 172 Å². The molecule has 0 aromatic heterocycles. The molecule has 160 valence electrons. The van der Waals surface area contributed by atoms with E-state index in [1.54, 1.807) is 18.2 Å². The highest BCUT2D eigenvalue weighted by atomic mass is 19.1. The molecular weight excluding hydrogens is 395 g/mol. The first-order valence-corrected chi connectivity index (χ1v) is 9.49. The van der Waals surface area contributed by atoms with Crippen LogP contribution in [-0.4, -0.2) is 48.5 Å². The minimum Gasteiger partial charge on any atom is -0.443 e. The Kier molecular flexibility index (Phi) is 6.80. The second kappa shape index (κ2) is 9.51. The summed E-state index contributed by atoms with van der Waals surface area (Å²) in [5.74, 6) is -0.533. The molecule has 0 radical (unpaired) electrons. The van der Waals surface area contributed by atoms with Gasteiger partial charge in [0, 0.05) is 31.3 Å². The number of non-ortho nitro benzene ring substituents is 1. The number of benzene rings is 2. The predicted molar refractivity (Wildman–Crippen MR) is 109 cm³/mol. The molecule has 1 saturated heterocycles. The van der Waals surface area contributed by atoms with Gasteiger partial charge >= 0.3 is 6.09 Å². The number of amides is 1. The number of carbonyl (C=O) groups is 1. The van der Waals surface area contributed by atoms with Gasteiger partial charge in [0.25, 0.3) is 5.69 Å². The average molecular weight is 418 g/mol. The number of aliphatic hydroxyl groups excluding tert-OH is 1. The van der Waals surface area contributed by atoms with E-state index in [0.29, 0.717) is 12.2 Å². The lowest BCUT2D eigenvalue weighted by atomic mass is 10.1. The van der Waals surface area contributed by atoms with Gasteiger partial charge in [-0.1, -0.05) is 12.1 Å². The van der Waals surface area contributed by atoms with Crippen LogP contribution in [0.4, 0.5) is 26.2 Å². The Morgan fingerprint density at radius 1 is 1.37 bits per heavy atom. The van der Waals surface area contributed by atoms with Crippen molar-refractivity contribution >= 4 is 23.2 Å². The number of cyclic esters (lactones) is 1. The highest BCUT2D eigenvalue weighted by Gasteiger charge is 2.32. The Hall–Kier alpha value is -3.24. The zero-order valence-corrected chi connectivity index (χ0v) is 16.4. The Bertz CT molecular complexity index is 926. The van der Waals surface area contributed by atoms with E-state index >= 15 is 0 Å². The summed E-state index contributed by atoms with van der Waals surface area (Å²) in [5.41, 5.74) is 1.38. The number of carbonyl (C=O) groups excluding carboxylic acids is 1. The van der Waals surface area contributed by atoms with Gasteiger partial charge in [0.2, 0.25) is 0 Å². The number of nitro groups is 1. The summed E-state index contributed by atoms with van der Waals surface area (Å²) in [6.07, 6.45) is -1.02. The summed E-state index contributed by atoms with van der Waals surface area (Å²) in [7, 11) is 0. The molecule has 2 aromatic rings. The van der Waals surface area contributed by atoms with Crippen LogP contribution in [0, 0.1) is 15.9 Å². The van der Waals surface area contributed by atoms with Crippen LogP contribution >= 0.6 is 0 Å². The molecule has 1 heterocycles. The number of halogens is 1. The van der Waals surface area contributed by atoms with E-state index < -0.39 is 22.9 Å². The van der Waals surface area contributed by atoms with Crippen LogP contribution in [0.25, 0.3) is 0 Å². The van der Waals surface area contributed by atoms with Crippen molar-refractivity contribution in [1.82, 2.24) is 5.32 Å². The van der Waals surface area contributed by atoms with Gasteiger partial charge in [-0.05, 0) is 30.7 Å². The zero-order valence-electron chi connectivity index (χ0n) is 16.4. The van der Waals surface area contributed by atoms with Crippen molar-refractivity contribution in [1.29, 1.82) is 0 Å². The standard InChI is InChI=1S/C20H23FN4O5/c1-13(14-3-2-4-16(9-14)25(28)29)23-11-17-12-24(20(27)30-17)15-5-6-19(18(21)10-15)22-7-8-26/h2-6,9-10,13,17,22-23,26H,7-8,11-12H2,1H3/t13-,17-/m0/s1. The van der Waals surface area contributed by atoms with E-state index in [-0.39, 0.29) is 37.1 Å². The van der Waals surface area contributed by atoms with Crippen LogP contribution in [-0.2, 0) is 4.74 Å². The molecular formula is C20H23FN4O5. The molecule has 1 aliphatic rings. The van der Waals surface area contributed by atoms with Crippen molar-refractivity contribution in [3.05, 3.63) is 64.0 Å². The molecule has 9 nitrogen and oxygen atoms in total. The minimum absolute atomic E-state index is 0.0126. The maximum atomic E-state index is 14.2. The summed E-state index contributed by atoms with van der Waals surface area (Å²) in [4.78, 5) is 24.0. The van der Waals surface area contributed by atoms with Gasteiger partial charge < -0.3 is 20.5 Å². The smallest absolute Gasteiger partial charge is 0.414 e. The molecule has 0 unspecified atom stereocenters. The maximum Gasteiger partial charge on any atom is 0.414 e. The van der Waals surface area contributed by atoms with Crippen LogP contribution in [0.2, 0.25) is 0 Å². The van der Waals surface area contributed by atoms with E-state index in [2.05, 4.69) is 10.6 Å². The fraction of sp³-hybridized carbons (Fsp3) is 0.350. The van der Waals surface area contributed by atoms with E-state index in [4.69, 9.17) is 9.84 Å². The first-order valence-electron chi connectivity index (χ1n) is 9.49. The lowest BCUT2D eigenvalue weighted by Crippen LogP contribution is -2.32. The SMILES string of the molecule is C[C@H](NC[C@H]1CN(c2ccc(NCCO)c(F)c2)C(=O)O1)c1cccc([N+](=O)[O-])c1. The lowest BCUT2D eigenvalue weighted by molar-refractivity contribution is -0.384. The van der Waals surface area contributed by atoms with E-state index in [1.807, 2.05) is 6.92 Å². The fourth-order valence-corrected chi connectivity index (χ4v) is 3.18. The maximum absolute atomic E-state index is 14.2. The van der Waals surface area contributed by atoms with Gasteiger partial charge in [-0.2, -0.15) is 0 Å². The van der Waals surface area contributed by atoms with Crippen molar-refractivity contribution in [2.45, 2.75) is 19.1 Å². The van der Waals surface area contributed by atoms with Gasteiger partial charge in [-0.15, -0.1) is 0 Å². The molecule has 1 aliphatic heterocycles. The van der Waals surface area contributed by atoms with Gasteiger partial charge in [-0.25, -0.2) is 9.18 Å². The number of rotatable bonds is 9. The molecule has 2 aromatic carbocycles. The second-order valence-corrected chi connectivity index (χ2v) is 6.91. The summed E-state index contributed by atoms with van der Waals surface area (Å²) in [6, 6.07) is 10.5. The molecule has 2 atom stereocenters. The highest BCUT2D eigenvalue weighted by molar-refractivity contribution is 5.90. The molecule has 0 aliphatic carbocycles. The van der Waals surface area contributed by atoms with Crippen molar-refractivity contribution in [2.24, 2.45) is 0 Å². The zero-order chi connectivity index (χ0) is 21.7. The number of nitro benzene ring substituents is 1. The number of anilines is 2. The van der Waals surface area contributed by atoms with Crippen molar-refractivity contribution in [3.8, 4) is 0 Å². The fourth-order valence-electron chi connectivity index (χ4n) is 3.18. The van der Waals surface area contributed by atoms with Crippen LogP contribution in [0.3, 0.4) is 0 Å². The average Bonchev–Trinajstić information content (AvgIpc) is 3.11. The van der Waals surface area contributed by atoms with Gasteiger partial charge in [0.1, 0.15) is 11.9 Å². The Balaban J connectivity index is 1.59. The number of hydrogen-bond donors (Lipinski definition) is 3. The monoisotopic (exact) mass is 418 g/mol. The first kappa shape index (κ1) is 21.5. The van der Waals surface area contributed by atoms with Gasteiger partial charge in [0.05, 0.1) is 29.4 Å². The van der Waals surface area contributed by atoms with Gasteiger partial charge in [-0.3, -0.25) is 15.0 Å². The third-order valence-electron chi connectivity index (χ3n) is 4.80. The van der Waals surface area contributed by atoms with Crippen molar-refractivity contribution in [2.75, 3.05) is 36.5 Å². The molecule has 1 amide bonds. The van der Waals surface area contributed by atoms with Crippen LogP contribution in [0.1, 0.15) is 18.5 Å². The third-order valence-corrected chi connectivity index (χ3v) is 4.80. The molecule has 0 spiro atoms. The van der Waals surface area contributed by atoms with Crippen LogP contribution < -0.4 is 15.5 Å². The van der Waals surface area contributed by atoms with E-state index in [9.17, 15) is 19.3 Å². The second-order valence-electron chi connectivity index (χ2n) is 6.91. The molecule has 0 saturated carbocycles. The summed E-state index contributed by atoms with van der Waals surface area (Å²) >= 11 is 0. The number of ether oxygens (including phenoxy) is 1. The first-order chi connectivity index (χ1) is 14.4. The van der Waals surface area contributed by atoms with Gasteiger partial charge in [0.15, 0.2) is 0 Å². The summed E-state index contributed by atoms with van der Waals surface area (Å²) in [6.45, 7) is 2.55. The molecule has 3 rings (SSSR count). The van der Waals surface area contributed by atoms with Crippen LogP contribution in [0.5, 0.6) is 0 Å². The molecule has 3 N–H and O–H groups in total. The molecule has 30 heavy (non-hydrogen) atoms. The normalized spacial score (nSPS) is 17.0. The molecule has 10 heteroatoms. The van der Waals surface area contributed by atoms with Crippen LogP contribution in [0.15, 0.2) is 42.5 Å². The Morgan fingerprint density at radius 2 is 2.17 bits per heavy atom. The topological polar surface area (TPSA) is 117 Å². The molecule has 1 fully saturated rings.